The number of nitrogens with zero attached hydrogens (tertiary/aromatic N) is 3. The lowest BCUT2D eigenvalue weighted by Crippen LogP contribution is -2.35. The van der Waals surface area contributed by atoms with E-state index < -0.39 is 6.04 Å². The molecule has 0 bridgehead atoms. The zero-order valence-corrected chi connectivity index (χ0v) is 15.3. The van der Waals surface area contributed by atoms with Gasteiger partial charge < -0.3 is 4.57 Å². The first-order chi connectivity index (χ1) is 11.6. The van der Waals surface area contributed by atoms with Gasteiger partial charge in [0.05, 0.1) is 6.42 Å². The number of aryl methyl sites for hydroxylation is 1. The van der Waals surface area contributed by atoms with Gasteiger partial charge in [0.1, 0.15) is 11.9 Å². The third-order valence-electron chi connectivity index (χ3n) is 5.04. The Labute approximate surface area is 145 Å². The minimum atomic E-state index is -0.393. The van der Waals surface area contributed by atoms with Crippen LogP contribution in [-0.4, -0.2) is 32.8 Å². The van der Waals surface area contributed by atoms with Crippen LogP contribution in [0.4, 0.5) is 0 Å². The molecule has 2 atom stereocenters. The van der Waals surface area contributed by atoms with Gasteiger partial charge in [0, 0.05) is 25.4 Å². The van der Waals surface area contributed by atoms with Crippen molar-refractivity contribution in [3.05, 3.63) is 18.2 Å². The second kappa shape index (κ2) is 9.00. The van der Waals surface area contributed by atoms with Gasteiger partial charge in [-0.25, -0.2) is 4.98 Å². The first-order valence-corrected chi connectivity index (χ1v) is 9.48. The van der Waals surface area contributed by atoms with E-state index in [0.29, 0.717) is 12.5 Å². The van der Waals surface area contributed by atoms with Crippen molar-refractivity contribution in [2.24, 2.45) is 5.92 Å². The van der Waals surface area contributed by atoms with E-state index in [-0.39, 0.29) is 18.2 Å². The summed E-state index contributed by atoms with van der Waals surface area (Å²) in [5, 5.41) is 0. The molecule has 2 rings (SSSR count). The highest BCUT2D eigenvalue weighted by Crippen LogP contribution is 2.28. The fourth-order valence-corrected chi connectivity index (χ4v) is 3.41. The van der Waals surface area contributed by atoms with Crippen LogP contribution in [0.1, 0.15) is 77.6 Å². The first kappa shape index (κ1) is 18.7. The van der Waals surface area contributed by atoms with Gasteiger partial charge in [-0.1, -0.05) is 46.5 Å². The maximum Gasteiger partial charge on any atom is 0.252 e. The monoisotopic (exact) mass is 333 g/mol. The van der Waals surface area contributed by atoms with Gasteiger partial charge in [-0.2, -0.15) is 0 Å². The van der Waals surface area contributed by atoms with Crippen molar-refractivity contribution < 1.29 is 9.59 Å². The van der Waals surface area contributed by atoms with Crippen LogP contribution in [0.2, 0.25) is 0 Å². The molecule has 1 saturated heterocycles. The number of hydrogen-bond donors (Lipinski definition) is 0. The molecule has 0 aliphatic carbocycles. The van der Waals surface area contributed by atoms with Gasteiger partial charge in [-0.05, 0) is 18.8 Å². The fourth-order valence-electron chi connectivity index (χ4n) is 3.41. The highest BCUT2D eigenvalue weighted by Gasteiger charge is 2.40. The van der Waals surface area contributed by atoms with Crippen LogP contribution in [-0.2, 0) is 16.0 Å². The van der Waals surface area contributed by atoms with Crippen LogP contribution in [0.15, 0.2) is 12.4 Å². The predicted octanol–water partition coefficient (Wildman–Crippen LogP) is 3.74. The molecule has 1 aliphatic rings. The van der Waals surface area contributed by atoms with Gasteiger partial charge in [0.25, 0.3) is 5.91 Å². The summed E-state index contributed by atoms with van der Waals surface area (Å²) in [7, 11) is 0. The lowest BCUT2D eigenvalue weighted by molar-refractivity contribution is -0.140. The highest BCUT2D eigenvalue weighted by molar-refractivity contribution is 6.04. The SMILES string of the molecule is CCCCc1nccn1C1CC(=O)N(CC(CC)CCCC)C1=O. The third-order valence-corrected chi connectivity index (χ3v) is 5.04. The topological polar surface area (TPSA) is 55.2 Å². The number of likely N-dealkylation sites (tertiary alicyclic amines) is 1. The van der Waals surface area contributed by atoms with Crippen molar-refractivity contribution in [1.82, 2.24) is 14.5 Å². The number of imide groups is 1. The number of amides is 2. The van der Waals surface area contributed by atoms with Crippen LogP contribution in [0.5, 0.6) is 0 Å². The Bertz CT molecular complexity index is 553. The van der Waals surface area contributed by atoms with Gasteiger partial charge in [-0.15, -0.1) is 0 Å². The maximum absolute atomic E-state index is 12.8. The Hall–Kier alpha value is -1.65. The number of unbranched alkanes of at least 4 members (excludes halogenated alkanes) is 2. The average Bonchev–Trinajstić information content (AvgIpc) is 3.15. The van der Waals surface area contributed by atoms with Crippen molar-refractivity contribution in [2.75, 3.05) is 6.54 Å². The lowest BCUT2D eigenvalue weighted by atomic mass is 9.99. The molecule has 0 aromatic carbocycles. The molecule has 134 valence electrons. The molecule has 24 heavy (non-hydrogen) atoms. The summed E-state index contributed by atoms with van der Waals surface area (Å²) in [6, 6.07) is -0.393. The molecular formula is C19H31N3O2. The van der Waals surface area contributed by atoms with E-state index in [1.165, 1.54) is 4.90 Å². The molecule has 5 heteroatoms. The third kappa shape index (κ3) is 4.25. The normalized spacial score (nSPS) is 19.3. The summed E-state index contributed by atoms with van der Waals surface area (Å²) < 4.78 is 1.92. The molecule has 0 N–H and O–H groups in total. The fraction of sp³-hybridized carbons (Fsp3) is 0.737. The summed E-state index contributed by atoms with van der Waals surface area (Å²) in [5.74, 6) is 1.25. The van der Waals surface area contributed by atoms with E-state index in [9.17, 15) is 9.59 Å². The molecule has 0 saturated carbocycles. The largest absolute Gasteiger partial charge is 0.322 e. The highest BCUT2D eigenvalue weighted by atomic mass is 16.2. The molecular weight excluding hydrogens is 302 g/mol. The van der Waals surface area contributed by atoms with E-state index >= 15 is 0 Å². The van der Waals surface area contributed by atoms with Gasteiger partial charge in [-0.3, -0.25) is 14.5 Å². The van der Waals surface area contributed by atoms with Crippen molar-refractivity contribution in [2.45, 2.75) is 78.2 Å². The minimum Gasteiger partial charge on any atom is -0.322 e. The number of imidazole rings is 1. The quantitative estimate of drug-likeness (QED) is 0.613. The summed E-state index contributed by atoms with van der Waals surface area (Å²) in [6.45, 7) is 7.03. The number of aromatic nitrogens is 2. The number of carbonyl (C=O) groups is 2. The van der Waals surface area contributed by atoms with Crippen molar-refractivity contribution in [3.63, 3.8) is 0 Å². The van der Waals surface area contributed by atoms with E-state index in [4.69, 9.17) is 0 Å². The Kier molecular flexibility index (Phi) is 7.00. The molecule has 0 spiro atoms. The number of hydrogen-bond acceptors (Lipinski definition) is 3. The van der Waals surface area contributed by atoms with Gasteiger partial charge in [0.2, 0.25) is 5.91 Å². The van der Waals surface area contributed by atoms with Crippen LogP contribution in [0, 0.1) is 5.92 Å². The Morgan fingerprint density at radius 2 is 1.96 bits per heavy atom. The molecule has 5 nitrogen and oxygen atoms in total. The molecule has 1 aliphatic heterocycles. The molecule has 2 heterocycles. The zero-order chi connectivity index (χ0) is 17.5. The van der Waals surface area contributed by atoms with Gasteiger partial charge >= 0.3 is 0 Å². The van der Waals surface area contributed by atoms with E-state index in [1.807, 2.05) is 10.8 Å². The van der Waals surface area contributed by atoms with E-state index in [0.717, 1.165) is 50.8 Å². The summed E-state index contributed by atoms with van der Waals surface area (Å²) in [4.78, 5) is 31.1. The minimum absolute atomic E-state index is 0.0323. The Morgan fingerprint density at radius 1 is 1.21 bits per heavy atom. The van der Waals surface area contributed by atoms with E-state index in [2.05, 4.69) is 25.8 Å². The second-order valence-electron chi connectivity index (χ2n) is 6.83. The molecule has 2 unspecified atom stereocenters. The van der Waals surface area contributed by atoms with Crippen molar-refractivity contribution in [1.29, 1.82) is 0 Å². The standard InChI is InChI=1S/C19H31N3O2/c1-4-7-9-15(6-3)14-22-18(23)13-16(19(22)24)21-12-11-20-17(21)10-8-5-2/h11-12,15-16H,4-10,13-14H2,1-3H3. The second-order valence-corrected chi connectivity index (χ2v) is 6.83. The summed E-state index contributed by atoms with van der Waals surface area (Å²) in [5.41, 5.74) is 0. The van der Waals surface area contributed by atoms with Crippen molar-refractivity contribution >= 4 is 11.8 Å². The molecule has 1 aromatic heterocycles. The smallest absolute Gasteiger partial charge is 0.252 e. The zero-order valence-electron chi connectivity index (χ0n) is 15.3. The van der Waals surface area contributed by atoms with E-state index in [1.54, 1.807) is 6.20 Å². The summed E-state index contributed by atoms with van der Waals surface area (Å²) in [6.07, 6.45) is 11.2. The van der Waals surface area contributed by atoms with Crippen LogP contribution < -0.4 is 0 Å². The predicted molar refractivity (Wildman–Crippen MR) is 94.5 cm³/mol. The van der Waals surface area contributed by atoms with Gasteiger partial charge in [0.15, 0.2) is 0 Å². The molecule has 0 radical (unpaired) electrons. The summed E-state index contributed by atoms with van der Waals surface area (Å²) >= 11 is 0. The lowest BCUT2D eigenvalue weighted by Gasteiger charge is -2.22. The first-order valence-electron chi connectivity index (χ1n) is 9.48. The molecule has 1 aromatic rings. The maximum atomic E-state index is 12.8. The Morgan fingerprint density at radius 3 is 2.62 bits per heavy atom. The number of carbonyl (C=O) groups excluding carboxylic acids is 2. The molecule has 2 amide bonds. The van der Waals surface area contributed by atoms with Crippen LogP contribution in [0.25, 0.3) is 0 Å². The van der Waals surface area contributed by atoms with Crippen LogP contribution >= 0.6 is 0 Å². The van der Waals surface area contributed by atoms with Crippen LogP contribution in [0.3, 0.4) is 0 Å². The molecule has 1 fully saturated rings. The average molecular weight is 333 g/mol. The Balaban J connectivity index is 2.07. The van der Waals surface area contributed by atoms with Crippen molar-refractivity contribution in [3.8, 4) is 0 Å². The number of rotatable bonds is 10.